The summed E-state index contributed by atoms with van der Waals surface area (Å²) >= 11 is 0. The average molecular weight is 246 g/mol. The van der Waals surface area contributed by atoms with Crippen LogP contribution in [0.3, 0.4) is 0 Å². The quantitative estimate of drug-likeness (QED) is 0.870. The van der Waals surface area contributed by atoms with Gasteiger partial charge < -0.3 is 5.32 Å². The molecule has 0 bridgehead atoms. The highest BCUT2D eigenvalue weighted by atomic mass is 19.4. The van der Waals surface area contributed by atoms with Crippen LogP contribution in [0.4, 0.5) is 19.0 Å². The van der Waals surface area contributed by atoms with Gasteiger partial charge in [0.15, 0.2) is 0 Å². The summed E-state index contributed by atoms with van der Waals surface area (Å²) < 4.78 is 36.9. The zero-order chi connectivity index (χ0) is 13.1. The number of aromatic nitrogens is 1. The Hall–Kier alpha value is -1.26. The number of anilines is 1. The Bertz CT molecular complexity index is 344. The van der Waals surface area contributed by atoms with E-state index in [4.69, 9.17) is 0 Å². The van der Waals surface area contributed by atoms with Gasteiger partial charge in [0.1, 0.15) is 5.82 Å². The first-order valence-corrected chi connectivity index (χ1v) is 5.59. The highest BCUT2D eigenvalue weighted by molar-refractivity contribution is 5.37. The fourth-order valence-corrected chi connectivity index (χ4v) is 1.67. The molecule has 1 heterocycles. The minimum atomic E-state index is -4.32. The molecule has 0 saturated carbocycles. The van der Waals surface area contributed by atoms with Crippen molar-refractivity contribution in [2.24, 2.45) is 5.92 Å². The van der Waals surface area contributed by atoms with E-state index in [-0.39, 0.29) is 6.04 Å². The number of pyridine rings is 1. The van der Waals surface area contributed by atoms with E-state index < -0.39 is 11.7 Å². The number of alkyl halides is 3. The highest BCUT2D eigenvalue weighted by Gasteiger charge is 2.30. The lowest BCUT2D eigenvalue weighted by Gasteiger charge is -2.16. The van der Waals surface area contributed by atoms with E-state index in [1.807, 2.05) is 6.92 Å². The second kappa shape index (κ2) is 5.38. The van der Waals surface area contributed by atoms with E-state index in [2.05, 4.69) is 24.1 Å². The zero-order valence-electron chi connectivity index (χ0n) is 10.2. The van der Waals surface area contributed by atoms with Crippen molar-refractivity contribution in [3.63, 3.8) is 0 Å². The molecule has 0 radical (unpaired) electrons. The molecular weight excluding hydrogens is 229 g/mol. The summed E-state index contributed by atoms with van der Waals surface area (Å²) in [6.07, 6.45) is -2.53. The first kappa shape index (κ1) is 13.8. The number of nitrogens with zero attached hydrogens (tertiary/aromatic N) is 1. The van der Waals surface area contributed by atoms with Gasteiger partial charge >= 0.3 is 6.18 Å². The summed E-state index contributed by atoms with van der Waals surface area (Å²) in [5, 5.41) is 3.07. The molecule has 96 valence electrons. The molecular formula is C12H17F3N2. The van der Waals surface area contributed by atoms with Crippen LogP contribution in [0.1, 0.15) is 32.8 Å². The molecule has 0 aliphatic heterocycles. The second-order valence-corrected chi connectivity index (χ2v) is 4.60. The zero-order valence-corrected chi connectivity index (χ0v) is 10.2. The molecule has 0 fully saturated rings. The summed E-state index contributed by atoms with van der Waals surface area (Å²) in [6, 6.07) is 2.59. The lowest BCUT2D eigenvalue weighted by Crippen LogP contribution is -2.18. The van der Waals surface area contributed by atoms with Crippen LogP contribution in [0.2, 0.25) is 0 Å². The number of nitrogens with one attached hydrogen (secondary N) is 1. The van der Waals surface area contributed by atoms with Crippen molar-refractivity contribution < 1.29 is 13.2 Å². The molecule has 0 aliphatic carbocycles. The largest absolute Gasteiger partial charge is 0.417 e. The third kappa shape index (κ3) is 4.63. The van der Waals surface area contributed by atoms with Crippen molar-refractivity contribution in [2.75, 3.05) is 5.32 Å². The van der Waals surface area contributed by atoms with Crippen molar-refractivity contribution in [1.29, 1.82) is 0 Å². The van der Waals surface area contributed by atoms with Crippen LogP contribution in [0.25, 0.3) is 0 Å². The Balaban J connectivity index is 2.63. The predicted octanol–water partition coefficient (Wildman–Crippen LogP) is 3.95. The maximum Gasteiger partial charge on any atom is 0.417 e. The number of hydrogen-bond acceptors (Lipinski definition) is 2. The minimum absolute atomic E-state index is 0.194. The summed E-state index contributed by atoms with van der Waals surface area (Å²) in [6.45, 7) is 6.18. The van der Waals surface area contributed by atoms with Crippen LogP contribution in [0, 0.1) is 5.92 Å². The smallest absolute Gasteiger partial charge is 0.368 e. The summed E-state index contributed by atoms with van der Waals surface area (Å²) in [5.74, 6) is 1.01. The number of rotatable bonds is 4. The minimum Gasteiger partial charge on any atom is -0.368 e. The van der Waals surface area contributed by atoms with E-state index in [0.717, 1.165) is 18.7 Å². The average Bonchev–Trinajstić information content (AvgIpc) is 2.15. The van der Waals surface area contributed by atoms with E-state index in [0.29, 0.717) is 11.7 Å². The molecule has 0 aromatic carbocycles. The molecule has 0 amide bonds. The first-order chi connectivity index (χ1) is 7.79. The second-order valence-electron chi connectivity index (χ2n) is 4.60. The molecule has 1 aromatic heterocycles. The first-order valence-electron chi connectivity index (χ1n) is 5.59. The third-order valence-electron chi connectivity index (χ3n) is 2.31. The van der Waals surface area contributed by atoms with E-state index in [9.17, 15) is 13.2 Å². The van der Waals surface area contributed by atoms with Crippen LogP contribution < -0.4 is 5.32 Å². The van der Waals surface area contributed by atoms with Crippen molar-refractivity contribution >= 4 is 5.82 Å². The van der Waals surface area contributed by atoms with Crippen molar-refractivity contribution in [1.82, 2.24) is 4.98 Å². The van der Waals surface area contributed by atoms with E-state index in [1.54, 1.807) is 0 Å². The van der Waals surface area contributed by atoms with Crippen LogP contribution in [0.5, 0.6) is 0 Å². The molecule has 1 unspecified atom stereocenters. The molecule has 2 nitrogen and oxygen atoms in total. The maximum atomic E-state index is 12.3. The fraction of sp³-hybridized carbons (Fsp3) is 0.583. The van der Waals surface area contributed by atoms with Gasteiger partial charge in [0.2, 0.25) is 0 Å². The lowest BCUT2D eigenvalue weighted by molar-refractivity contribution is -0.137. The van der Waals surface area contributed by atoms with E-state index in [1.165, 1.54) is 6.07 Å². The molecule has 1 aromatic rings. The number of hydrogen-bond donors (Lipinski definition) is 1. The Labute approximate surface area is 99.3 Å². The molecule has 1 N–H and O–H groups in total. The summed E-state index contributed by atoms with van der Waals surface area (Å²) in [5.41, 5.74) is -0.723. The summed E-state index contributed by atoms with van der Waals surface area (Å²) in [7, 11) is 0. The normalized spacial score (nSPS) is 13.8. The fourth-order valence-electron chi connectivity index (χ4n) is 1.67. The Morgan fingerprint density at radius 3 is 2.29 bits per heavy atom. The van der Waals surface area contributed by atoms with Gasteiger partial charge in [0.05, 0.1) is 5.56 Å². The van der Waals surface area contributed by atoms with Gasteiger partial charge in [-0.25, -0.2) is 4.98 Å². The monoisotopic (exact) mass is 246 g/mol. The maximum absolute atomic E-state index is 12.3. The van der Waals surface area contributed by atoms with Gasteiger partial charge in [0, 0.05) is 12.2 Å². The molecule has 0 aliphatic rings. The Morgan fingerprint density at radius 1 is 1.24 bits per heavy atom. The molecule has 0 spiro atoms. The van der Waals surface area contributed by atoms with Gasteiger partial charge in [-0.05, 0) is 31.4 Å². The van der Waals surface area contributed by atoms with Crippen molar-refractivity contribution in [2.45, 2.75) is 39.4 Å². The molecule has 1 rings (SSSR count). The van der Waals surface area contributed by atoms with Gasteiger partial charge in [0.25, 0.3) is 0 Å². The SMILES string of the molecule is CC(C)CC(C)Nc1ccc(C(F)(F)F)cn1. The van der Waals surface area contributed by atoms with Crippen LogP contribution in [-0.2, 0) is 6.18 Å². The van der Waals surface area contributed by atoms with Crippen molar-refractivity contribution in [3.8, 4) is 0 Å². The van der Waals surface area contributed by atoms with Crippen LogP contribution in [0.15, 0.2) is 18.3 Å². The Morgan fingerprint density at radius 2 is 1.88 bits per heavy atom. The third-order valence-corrected chi connectivity index (χ3v) is 2.31. The van der Waals surface area contributed by atoms with Gasteiger partial charge in [-0.15, -0.1) is 0 Å². The standard InChI is InChI=1S/C12H17F3N2/c1-8(2)6-9(3)17-11-5-4-10(7-16-11)12(13,14)15/h4-5,7-9H,6H2,1-3H3,(H,16,17). The molecule has 1 atom stereocenters. The van der Waals surface area contributed by atoms with Gasteiger partial charge in [-0.2, -0.15) is 13.2 Å². The Kier molecular flexibility index (Phi) is 4.37. The molecule has 17 heavy (non-hydrogen) atoms. The molecule has 5 heteroatoms. The van der Waals surface area contributed by atoms with E-state index >= 15 is 0 Å². The molecule has 0 saturated heterocycles. The number of halogens is 3. The van der Waals surface area contributed by atoms with Crippen molar-refractivity contribution in [3.05, 3.63) is 23.9 Å². The summed E-state index contributed by atoms with van der Waals surface area (Å²) in [4.78, 5) is 3.76. The topological polar surface area (TPSA) is 24.9 Å². The van der Waals surface area contributed by atoms with Crippen LogP contribution >= 0.6 is 0 Å². The highest BCUT2D eigenvalue weighted by Crippen LogP contribution is 2.28. The predicted molar refractivity (Wildman–Crippen MR) is 61.8 cm³/mol. The van der Waals surface area contributed by atoms with Crippen LogP contribution in [-0.4, -0.2) is 11.0 Å². The van der Waals surface area contributed by atoms with Gasteiger partial charge in [-0.1, -0.05) is 13.8 Å². The van der Waals surface area contributed by atoms with Gasteiger partial charge in [-0.3, -0.25) is 0 Å². The lowest BCUT2D eigenvalue weighted by atomic mass is 10.1.